The van der Waals surface area contributed by atoms with Crippen LogP contribution in [0.2, 0.25) is 0 Å². The van der Waals surface area contributed by atoms with Gasteiger partial charge in [0.05, 0.1) is 24.6 Å². The third kappa shape index (κ3) is 3.68. The van der Waals surface area contributed by atoms with Crippen molar-refractivity contribution in [2.45, 2.75) is 6.04 Å². The summed E-state index contributed by atoms with van der Waals surface area (Å²) in [5, 5.41) is 6.09. The number of nitrogens with one attached hydrogen (secondary N) is 2. The third-order valence-electron chi connectivity index (χ3n) is 2.94. The second kappa shape index (κ2) is 6.36. The second-order valence-electron chi connectivity index (χ2n) is 4.63. The first-order valence-electron chi connectivity index (χ1n) is 6.17. The van der Waals surface area contributed by atoms with Crippen LogP contribution in [0.4, 0.5) is 11.4 Å². The number of carbonyl (C=O) groups excluding carboxylic acids is 1. The SMILES string of the molecule is CN(C)c1ccc(Br)cc1NC(=O)C1COCCN1. The van der Waals surface area contributed by atoms with Crippen molar-refractivity contribution in [1.29, 1.82) is 0 Å². The highest BCUT2D eigenvalue weighted by atomic mass is 79.9. The Morgan fingerprint density at radius 1 is 1.53 bits per heavy atom. The first-order chi connectivity index (χ1) is 9.08. The van der Waals surface area contributed by atoms with Crippen LogP contribution in [0, 0.1) is 0 Å². The number of morpholine rings is 1. The number of hydrogen-bond donors (Lipinski definition) is 2. The Hall–Kier alpha value is -1.11. The molecule has 1 fully saturated rings. The van der Waals surface area contributed by atoms with E-state index in [0.29, 0.717) is 19.8 Å². The van der Waals surface area contributed by atoms with Crippen LogP contribution in [0.25, 0.3) is 0 Å². The summed E-state index contributed by atoms with van der Waals surface area (Å²) in [5.41, 5.74) is 1.75. The zero-order chi connectivity index (χ0) is 13.8. The molecule has 104 valence electrons. The van der Waals surface area contributed by atoms with Gasteiger partial charge in [-0.25, -0.2) is 0 Å². The summed E-state index contributed by atoms with van der Waals surface area (Å²) in [6.45, 7) is 1.78. The summed E-state index contributed by atoms with van der Waals surface area (Å²) >= 11 is 3.42. The molecule has 0 aliphatic carbocycles. The molecule has 0 aromatic heterocycles. The van der Waals surface area contributed by atoms with Gasteiger partial charge in [-0.15, -0.1) is 0 Å². The third-order valence-corrected chi connectivity index (χ3v) is 3.43. The van der Waals surface area contributed by atoms with E-state index in [1.165, 1.54) is 0 Å². The lowest BCUT2D eigenvalue weighted by Crippen LogP contribution is -2.48. The molecule has 5 nitrogen and oxygen atoms in total. The van der Waals surface area contributed by atoms with Crippen LogP contribution >= 0.6 is 15.9 Å². The van der Waals surface area contributed by atoms with Crippen molar-refractivity contribution in [2.75, 3.05) is 44.1 Å². The molecule has 19 heavy (non-hydrogen) atoms. The van der Waals surface area contributed by atoms with Crippen LogP contribution < -0.4 is 15.5 Å². The van der Waals surface area contributed by atoms with E-state index < -0.39 is 0 Å². The molecular formula is C13H18BrN3O2. The van der Waals surface area contributed by atoms with E-state index >= 15 is 0 Å². The minimum Gasteiger partial charge on any atom is -0.378 e. The molecule has 1 unspecified atom stereocenters. The van der Waals surface area contributed by atoms with Crippen molar-refractivity contribution in [3.05, 3.63) is 22.7 Å². The maximum atomic E-state index is 12.2. The Balaban J connectivity index is 2.13. The van der Waals surface area contributed by atoms with Crippen molar-refractivity contribution >= 4 is 33.2 Å². The molecule has 0 bridgehead atoms. The van der Waals surface area contributed by atoms with Crippen molar-refractivity contribution in [3.8, 4) is 0 Å². The molecule has 1 aromatic rings. The molecule has 2 rings (SSSR count). The summed E-state index contributed by atoms with van der Waals surface area (Å²) in [6, 6.07) is 5.52. The van der Waals surface area contributed by atoms with Crippen LogP contribution in [0.15, 0.2) is 22.7 Å². The van der Waals surface area contributed by atoms with Gasteiger partial charge in [-0.3, -0.25) is 4.79 Å². The van der Waals surface area contributed by atoms with Gasteiger partial charge in [0, 0.05) is 25.1 Å². The van der Waals surface area contributed by atoms with Gasteiger partial charge >= 0.3 is 0 Å². The van der Waals surface area contributed by atoms with E-state index in [1.54, 1.807) is 0 Å². The largest absolute Gasteiger partial charge is 0.378 e. The van der Waals surface area contributed by atoms with Gasteiger partial charge in [0.25, 0.3) is 0 Å². The fourth-order valence-corrected chi connectivity index (χ4v) is 2.31. The zero-order valence-corrected chi connectivity index (χ0v) is 12.7. The van der Waals surface area contributed by atoms with Gasteiger partial charge in [-0.2, -0.15) is 0 Å². The average molecular weight is 328 g/mol. The topological polar surface area (TPSA) is 53.6 Å². The number of nitrogens with zero attached hydrogens (tertiary/aromatic N) is 1. The van der Waals surface area contributed by atoms with Crippen LogP contribution in [0.5, 0.6) is 0 Å². The number of anilines is 2. The maximum absolute atomic E-state index is 12.2. The Kier molecular flexibility index (Phi) is 4.79. The number of hydrogen-bond acceptors (Lipinski definition) is 4. The van der Waals surface area contributed by atoms with Crippen LogP contribution in [0.3, 0.4) is 0 Å². The number of amides is 1. The Morgan fingerprint density at radius 3 is 2.95 bits per heavy atom. The smallest absolute Gasteiger partial charge is 0.243 e. The lowest BCUT2D eigenvalue weighted by molar-refractivity contribution is -0.120. The van der Waals surface area contributed by atoms with Gasteiger partial charge in [-0.05, 0) is 18.2 Å². The first kappa shape index (κ1) is 14.3. The lowest BCUT2D eigenvalue weighted by atomic mass is 10.2. The molecule has 0 saturated carbocycles. The molecule has 1 heterocycles. The fraction of sp³-hybridized carbons (Fsp3) is 0.462. The highest BCUT2D eigenvalue weighted by molar-refractivity contribution is 9.10. The van der Waals surface area contributed by atoms with Crippen molar-refractivity contribution in [3.63, 3.8) is 0 Å². The van der Waals surface area contributed by atoms with E-state index in [-0.39, 0.29) is 11.9 Å². The number of carbonyl (C=O) groups is 1. The minimum absolute atomic E-state index is 0.0686. The second-order valence-corrected chi connectivity index (χ2v) is 5.54. The van der Waals surface area contributed by atoms with E-state index in [0.717, 1.165) is 15.8 Å². The molecule has 1 aliphatic heterocycles. The number of benzene rings is 1. The Morgan fingerprint density at radius 2 is 2.32 bits per heavy atom. The molecule has 1 atom stereocenters. The quantitative estimate of drug-likeness (QED) is 0.882. The first-order valence-corrected chi connectivity index (χ1v) is 6.96. The summed E-state index contributed by atoms with van der Waals surface area (Å²) in [5.74, 6) is -0.0686. The van der Waals surface area contributed by atoms with Crippen LogP contribution in [0.1, 0.15) is 0 Å². The summed E-state index contributed by atoms with van der Waals surface area (Å²) < 4.78 is 6.23. The summed E-state index contributed by atoms with van der Waals surface area (Å²) in [4.78, 5) is 14.1. The highest BCUT2D eigenvalue weighted by Crippen LogP contribution is 2.28. The molecular weight excluding hydrogens is 310 g/mol. The predicted octanol–water partition coefficient (Wildman–Crippen LogP) is 1.44. The van der Waals surface area contributed by atoms with Gasteiger partial charge in [-0.1, -0.05) is 15.9 Å². The lowest BCUT2D eigenvalue weighted by Gasteiger charge is -2.24. The van der Waals surface area contributed by atoms with Crippen LogP contribution in [-0.4, -0.2) is 45.8 Å². The highest BCUT2D eigenvalue weighted by Gasteiger charge is 2.22. The van der Waals surface area contributed by atoms with E-state index in [2.05, 4.69) is 26.6 Å². The number of ether oxygens (including phenoxy) is 1. The maximum Gasteiger partial charge on any atom is 0.243 e. The predicted molar refractivity (Wildman–Crippen MR) is 79.7 cm³/mol. The van der Waals surface area contributed by atoms with Crippen molar-refractivity contribution in [2.24, 2.45) is 0 Å². The van der Waals surface area contributed by atoms with Crippen molar-refractivity contribution < 1.29 is 9.53 Å². The zero-order valence-electron chi connectivity index (χ0n) is 11.1. The molecule has 1 amide bonds. The van der Waals surface area contributed by atoms with Crippen molar-refractivity contribution in [1.82, 2.24) is 5.32 Å². The number of halogens is 1. The molecule has 1 aliphatic rings. The van der Waals surface area contributed by atoms with E-state index in [4.69, 9.17) is 4.74 Å². The minimum atomic E-state index is -0.289. The molecule has 0 radical (unpaired) electrons. The van der Waals surface area contributed by atoms with Gasteiger partial charge in [0.15, 0.2) is 0 Å². The normalized spacial score (nSPS) is 19.0. The van der Waals surface area contributed by atoms with Gasteiger partial charge in [0.1, 0.15) is 6.04 Å². The van der Waals surface area contributed by atoms with E-state index in [9.17, 15) is 4.79 Å². The fourth-order valence-electron chi connectivity index (χ4n) is 1.95. The Labute approximate surface area is 121 Å². The average Bonchev–Trinajstić information content (AvgIpc) is 2.39. The number of rotatable bonds is 3. The molecule has 2 N–H and O–H groups in total. The summed E-state index contributed by atoms with van der Waals surface area (Å²) in [7, 11) is 3.89. The molecule has 1 aromatic carbocycles. The van der Waals surface area contributed by atoms with Gasteiger partial charge in [0.2, 0.25) is 5.91 Å². The molecule has 6 heteroatoms. The Bertz CT molecular complexity index is 459. The molecule has 0 spiro atoms. The summed E-state index contributed by atoms with van der Waals surface area (Å²) in [6.07, 6.45) is 0. The van der Waals surface area contributed by atoms with Gasteiger partial charge < -0.3 is 20.3 Å². The molecule has 1 saturated heterocycles. The standard InChI is InChI=1S/C13H18BrN3O2/c1-17(2)12-4-3-9(14)7-10(12)16-13(18)11-8-19-6-5-15-11/h3-4,7,11,15H,5-6,8H2,1-2H3,(H,16,18). The monoisotopic (exact) mass is 327 g/mol. The van der Waals surface area contributed by atoms with Crippen LogP contribution in [-0.2, 0) is 9.53 Å². The van der Waals surface area contributed by atoms with E-state index in [1.807, 2.05) is 37.2 Å².